The lowest BCUT2D eigenvalue weighted by Crippen LogP contribution is -2.30. The van der Waals surface area contributed by atoms with Gasteiger partial charge >= 0.3 is 0 Å². The fourth-order valence-corrected chi connectivity index (χ4v) is 5.05. The molecule has 1 aromatic rings. The minimum atomic E-state index is -3.35. The van der Waals surface area contributed by atoms with E-state index in [1.165, 1.54) is 0 Å². The normalized spacial score (nSPS) is 27.1. The Kier molecular flexibility index (Phi) is 3.50. The van der Waals surface area contributed by atoms with Crippen molar-refractivity contribution in [3.8, 4) is 0 Å². The van der Waals surface area contributed by atoms with E-state index >= 15 is 0 Å². The quantitative estimate of drug-likeness (QED) is 0.910. The third-order valence-electron chi connectivity index (χ3n) is 4.62. The van der Waals surface area contributed by atoms with Crippen LogP contribution >= 0.6 is 0 Å². The number of anilines is 1. The first-order valence-electron chi connectivity index (χ1n) is 7.36. The molecule has 2 aliphatic rings. The van der Waals surface area contributed by atoms with Crippen molar-refractivity contribution >= 4 is 15.7 Å². The molecule has 0 amide bonds. The molecular formula is C15H22N2O2S. The Morgan fingerprint density at radius 2 is 1.90 bits per heavy atom. The van der Waals surface area contributed by atoms with E-state index in [9.17, 15) is 8.42 Å². The third kappa shape index (κ3) is 2.23. The van der Waals surface area contributed by atoms with Gasteiger partial charge in [-0.2, -0.15) is 4.31 Å². The molecule has 1 fully saturated rings. The summed E-state index contributed by atoms with van der Waals surface area (Å²) >= 11 is 0. The van der Waals surface area contributed by atoms with Gasteiger partial charge in [0.2, 0.25) is 10.0 Å². The standard InChI is InChI=1S/C15H22N2O2S/c1-11-9-17(10-12(11)2)20(18,19)15-7-3-6-14-13(15)5-4-8-16-14/h3,6-7,11-12,16H,4-5,8-10H2,1-2H3. The van der Waals surface area contributed by atoms with Crippen LogP contribution in [0.4, 0.5) is 5.69 Å². The van der Waals surface area contributed by atoms with E-state index in [1.54, 1.807) is 10.4 Å². The van der Waals surface area contributed by atoms with Gasteiger partial charge in [0.05, 0.1) is 4.90 Å². The second-order valence-electron chi connectivity index (χ2n) is 6.09. The van der Waals surface area contributed by atoms with E-state index in [4.69, 9.17) is 0 Å². The highest BCUT2D eigenvalue weighted by atomic mass is 32.2. The van der Waals surface area contributed by atoms with Crippen LogP contribution in [0.5, 0.6) is 0 Å². The SMILES string of the molecule is CC1CN(S(=O)(=O)c2cccc3c2CCCN3)CC1C. The van der Waals surface area contributed by atoms with Crippen LogP contribution in [-0.4, -0.2) is 32.4 Å². The second kappa shape index (κ2) is 5.04. The van der Waals surface area contributed by atoms with Crippen molar-refractivity contribution in [2.45, 2.75) is 31.6 Å². The largest absolute Gasteiger partial charge is 0.385 e. The van der Waals surface area contributed by atoms with Crippen LogP contribution in [-0.2, 0) is 16.4 Å². The van der Waals surface area contributed by atoms with Crippen molar-refractivity contribution in [2.24, 2.45) is 11.8 Å². The molecule has 110 valence electrons. The molecule has 0 spiro atoms. The van der Waals surface area contributed by atoms with Crippen molar-refractivity contribution < 1.29 is 8.42 Å². The molecule has 2 heterocycles. The molecule has 1 N–H and O–H groups in total. The summed E-state index contributed by atoms with van der Waals surface area (Å²) in [5.74, 6) is 0.866. The van der Waals surface area contributed by atoms with E-state index in [2.05, 4.69) is 19.2 Å². The molecule has 1 saturated heterocycles. The van der Waals surface area contributed by atoms with Crippen molar-refractivity contribution in [1.29, 1.82) is 0 Å². The van der Waals surface area contributed by atoms with Gasteiger partial charge < -0.3 is 5.32 Å². The fourth-order valence-electron chi connectivity index (χ4n) is 3.13. The van der Waals surface area contributed by atoms with Crippen LogP contribution in [0.2, 0.25) is 0 Å². The summed E-state index contributed by atoms with van der Waals surface area (Å²) in [6.07, 6.45) is 1.84. The zero-order valence-corrected chi connectivity index (χ0v) is 12.9. The highest BCUT2D eigenvalue weighted by Crippen LogP contribution is 2.33. The molecule has 2 unspecified atom stereocenters. The average Bonchev–Trinajstić information content (AvgIpc) is 2.79. The smallest absolute Gasteiger partial charge is 0.243 e. The maximum absolute atomic E-state index is 12.9. The zero-order chi connectivity index (χ0) is 14.3. The van der Waals surface area contributed by atoms with E-state index in [0.29, 0.717) is 29.8 Å². The molecule has 2 aliphatic heterocycles. The molecular weight excluding hydrogens is 272 g/mol. The van der Waals surface area contributed by atoms with E-state index in [1.807, 2.05) is 12.1 Å². The Labute approximate surface area is 121 Å². The van der Waals surface area contributed by atoms with Crippen LogP contribution in [0.15, 0.2) is 23.1 Å². The summed E-state index contributed by atoms with van der Waals surface area (Å²) < 4.78 is 27.5. The lowest BCUT2D eigenvalue weighted by Gasteiger charge is -2.23. The summed E-state index contributed by atoms with van der Waals surface area (Å²) in [6, 6.07) is 5.57. The summed E-state index contributed by atoms with van der Waals surface area (Å²) in [4.78, 5) is 0.503. The van der Waals surface area contributed by atoms with Crippen LogP contribution < -0.4 is 5.32 Å². The van der Waals surface area contributed by atoms with Crippen LogP contribution in [0.1, 0.15) is 25.8 Å². The highest BCUT2D eigenvalue weighted by molar-refractivity contribution is 7.89. The average molecular weight is 294 g/mol. The van der Waals surface area contributed by atoms with Gasteiger partial charge in [0.25, 0.3) is 0 Å². The number of benzene rings is 1. The van der Waals surface area contributed by atoms with Crippen molar-refractivity contribution in [2.75, 3.05) is 25.0 Å². The van der Waals surface area contributed by atoms with Gasteiger partial charge in [0, 0.05) is 25.3 Å². The molecule has 2 atom stereocenters. The number of hydrogen-bond acceptors (Lipinski definition) is 3. The monoisotopic (exact) mass is 294 g/mol. The van der Waals surface area contributed by atoms with Crippen LogP contribution in [0.3, 0.4) is 0 Å². The molecule has 0 saturated carbocycles. The minimum Gasteiger partial charge on any atom is -0.385 e. The first kappa shape index (κ1) is 13.9. The summed E-state index contributed by atoms with van der Waals surface area (Å²) in [5.41, 5.74) is 1.95. The Morgan fingerprint density at radius 3 is 2.60 bits per heavy atom. The van der Waals surface area contributed by atoms with Crippen LogP contribution in [0.25, 0.3) is 0 Å². The van der Waals surface area contributed by atoms with Gasteiger partial charge in [0.15, 0.2) is 0 Å². The number of rotatable bonds is 2. The van der Waals surface area contributed by atoms with Crippen molar-refractivity contribution in [3.63, 3.8) is 0 Å². The Morgan fingerprint density at radius 1 is 1.20 bits per heavy atom. The lowest BCUT2D eigenvalue weighted by molar-refractivity contribution is 0.462. The summed E-state index contributed by atoms with van der Waals surface area (Å²) in [7, 11) is -3.35. The fraction of sp³-hybridized carbons (Fsp3) is 0.600. The van der Waals surface area contributed by atoms with E-state index in [-0.39, 0.29) is 0 Å². The van der Waals surface area contributed by atoms with Gasteiger partial charge in [-0.3, -0.25) is 0 Å². The maximum atomic E-state index is 12.9. The number of fused-ring (bicyclic) bond motifs is 1. The summed E-state index contributed by atoms with van der Waals surface area (Å²) in [5, 5.41) is 3.30. The highest BCUT2D eigenvalue weighted by Gasteiger charge is 2.36. The van der Waals surface area contributed by atoms with Crippen molar-refractivity contribution in [1.82, 2.24) is 4.31 Å². The van der Waals surface area contributed by atoms with Gasteiger partial charge in [-0.1, -0.05) is 19.9 Å². The van der Waals surface area contributed by atoms with Crippen molar-refractivity contribution in [3.05, 3.63) is 23.8 Å². The molecule has 3 rings (SSSR count). The number of sulfonamides is 1. The van der Waals surface area contributed by atoms with E-state index < -0.39 is 10.0 Å². The predicted octanol–water partition coefficient (Wildman–Crippen LogP) is 2.32. The third-order valence-corrected chi connectivity index (χ3v) is 6.54. The predicted molar refractivity (Wildman–Crippen MR) is 80.3 cm³/mol. The maximum Gasteiger partial charge on any atom is 0.243 e. The van der Waals surface area contributed by atoms with Gasteiger partial charge in [0.1, 0.15) is 0 Å². The Bertz CT molecular complexity index is 602. The second-order valence-corrected chi connectivity index (χ2v) is 8.00. The molecule has 0 radical (unpaired) electrons. The molecule has 20 heavy (non-hydrogen) atoms. The van der Waals surface area contributed by atoms with Gasteiger partial charge in [-0.15, -0.1) is 0 Å². The Hall–Kier alpha value is -1.07. The molecule has 0 bridgehead atoms. The van der Waals surface area contributed by atoms with E-state index in [0.717, 1.165) is 30.6 Å². The Balaban J connectivity index is 2.00. The van der Waals surface area contributed by atoms with Crippen LogP contribution in [0, 0.1) is 11.8 Å². The first-order valence-corrected chi connectivity index (χ1v) is 8.80. The number of nitrogens with one attached hydrogen (secondary N) is 1. The first-order chi connectivity index (χ1) is 9.50. The minimum absolute atomic E-state index is 0.433. The molecule has 0 aliphatic carbocycles. The molecule has 0 aromatic heterocycles. The lowest BCUT2D eigenvalue weighted by atomic mass is 10.0. The number of nitrogens with zero attached hydrogens (tertiary/aromatic N) is 1. The molecule has 4 nitrogen and oxygen atoms in total. The topological polar surface area (TPSA) is 49.4 Å². The van der Waals surface area contributed by atoms with Gasteiger partial charge in [-0.05, 0) is 42.4 Å². The molecule has 5 heteroatoms. The zero-order valence-electron chi connectivity index (χ0n) is 12.1. The van der Waals surface area contributed by atoms with Gasteiger partial charge in [-0.25, -0.2) is 8.42 Å². The number of hydrogen-bond donors (Lipinski definition) is 1. The summed E-state index contributed by atoms with van der Waals surface area (Å²) in [6.45, 7) is 6.46. The molecule has 1 aromatic carbocycles.